The molecule has 5 heteroatoms. The van der Waals surface area contributed by atoms with Crippen LogP contribution in [0.25, 0.3) is 28.1 Å². The maximum atomic E-state index is 6.48. The molecule has 1 aromatic heterocycles. The van der Waals surface area contributed by atoms with Gasteiger partial charge in [-0.3, -0.25) is 4.57 Å². The summed E-state index contributed by atoms with van der Waals surface area (Å²) in [6, 6.07) is 14.9. The van der Waals surface area contributed by atoms with Crippen molar-refractivity contribution in [1.82, 2.24) is 9.55 Å². The van der Waals surface area contributed by atoms with Gasteiger partial charge >= 0.3 is 0 Å². The second kappa shape index (κ2) is 7.81. The number of benzene rings is 3. The molecule has 152 valence electrons. The third-order valence-electron chi connectivity index (χ3n) is 6.07. The van der Waals surface area contributed by atoms with E-state index in [1.165, 1.54) is 40.7 Å². The number of hydrogen-bond acceptors (Lipinski definition) is 1. The Balaban J connectivity index is 1.93. The lowest BCUT2D eigenvalue weighted by Gasteiger charge is -2.17. The zero-order valence-corrected chi connectivity index (χ0v) is 20.8. The quantitative estimate of drug-likeness (QED) is 0.232. The predicted octanol–water partition coefficient (Wildman–Crippen LogP) is 8.37. The summed E-state index contributed by atoms with van der Waals surface area (Å²) in [5, 5.41) is 0.687. The molecule has 2 nitrogen and oxygen atoms in total. The molecule has 0 spiro atoms. The zero-order valence-electron chi connectivity index (χ0n) is 16.9. The topological polar surface area (TPSA) is 17.8 Å². The van der Waals surface area contributed by atoms with Gasteiger partial charge in [-0.05, 0) is 112 Å². The molecule has 0 saturated heterocycles. The Morgan fingerprint density at radius 3 is 2.47 bits per heavy atom. The van der Waals surface area contributed by atoms with Gasteiger partial charge in [-0.25, -0.2) is 4.98 Å². The molecule has 1 heterocycles. The summed E-state index contributed by atoms with van der Waals surface area (Å²) in [4.78, 5) is 5.28. The van der Waals surface area contributed by atoms with E-state index in [9.17, 15) is 0 Å². The van der Waals surface area contributed by atoms with Crippen LogP contribution >= 0.6 is 43.5 Å². The van der Waals surface area contributed by atoms with Crippen LogP contribution in [-0.4, -0.2) is 9.55 Å². The van der Waals surface area contributed by atoms with Gasteiger partial charge in [-0.2, -0.15) is 0 Å². The maximum absolute atomic E-state index is 6.48. The van der Waals surface area contributed by atoms with Gasteiger partial charge in [0.1, 0.15) is 5.82 Å². The van der Waals surface area contributed by atoms with Gasteiger partial charge in [0.15, 0.2) is 0 Å². The van der Waals surface area contributed by atoms with E-state index in [0.717, 1.165) is 44.3 Å². The fourth-order valence-electron chi connectivity index (χ4n) is 4.66. The monoisotopic (exact) mass is 542 g/mol. The average molecular weight is 545 g/mol. The van der Waals surface area contributed by atoms with Crippen molar-refractivity contribution in [2.45, 2.75) is 39.5 Å². The lowest BCUT2D eigenvalue weighted by Crippen LogP contribution is -2.04. The molecule has 0 unspecified atom stereocenters. The van der Waals surface area contributed by atoms with E-state index in [-0.39, 0.29) is 0 Å². The van der Waals surface area contributed by atoms with E-state index >= 15 is 0 Å². The van der Waals surface area contributed by atoms with E-state index in [0.29, 0.717) is 5.02 Å². The molecule has 30 heavy (non-hydrogen) atoms. The molecule has 5 rings (SSSR count). The van der Waals surface area contributed by atoms with E-state index in [2.05, 4.69) is 80.6 Å². The van der Waals surface area contributed by atoms with E-state index < -0.39 is 0 Å². The molecule has 0 saturated carbocycles. The summed E-state index contributed by atoms with van der Waals surface area (Å²) >= 11 is 13.9. The highest BCUT2D eigenvalue weighted by Crippen LogP contribution is 2.40. The highest BCUT2D eigenvalue weighted by molar-refractivity contribution is 9.13. The standard InChI is InChI=1S/C25H21Br2ClN2/c1-14-6-5-7-15(2)22(14)25-29-24-18-9-4-3-8-16(18)10-11-20(24)30(25)21-13-17(28)12-19(26)23(21)27/h5-7,10-13H,3-4,8-9H2,1-2H3. The molecule has 0 radical (unpaired) electrons. The Bertz CT molecular complexity index is 1290. The Morgan fingerprint density at radius 2 is 1.70 bits per heavy atom. The minimum Gasteiger partial charge on any atom is -0.291 e. The number of rotatable bonds is 2. The van der Waals surface area contributed by atoms with Crippen molar-refractivity contribution >= 4 is 54.5 Å². The Hall–Kier alpha value is -1.62. The van der Waals surface area contributed by atoms with Crippen LogP contribution in [0, 0.1) is 13.8 Å². The number of fused-ring (bicyclic) bond motifs is 3. The van der Waals surface area contributed by atoms with Crippen molar-refractivity contribution in [1.29, 1.82) is 0 Å². The normalized spacial score (nSPS) is 13.6. The van der Waals surface area contributed by atoms with Gasteiger partial charge in [0.2, 0.25) is 0 Å². The zero-order chi connectivity index (χ0) is 21.0. The molecule has 4 aromatic rings. The molecule has 0 atom stereocenters. The summed E-state index contributed by atoms with van der Waals surface area (Å²) < 4.78 is 4.16. The second-order valence-electron chi connectivity index (χ2n) is 8.04. The van der Waals surface area contributed by atoms with Crippen LogP contribution in [0.1, 0.15) is 35.1 Å². The summed E-state index contributed by atoms with van der Waals surface area (Å²) in [6.07, 6.45) is 4.72. The molecule has 0 amide bonds. The molecule has 1 aliphatic rings. The Morgan fingerprint density at radius 1 is 0.967 bits per heavy atom. The van der Waals surface area contributed by atoms with Crippen LogP contribution in [0.4, 0.5) is 0 Å². The van der Waals surface area contributed by atoms with Crippen LogP contribution in [0.2, 0.25) is 5.02 Å². The van der Waals surface area contributed by atoms with Gasteiger partial charge < -0.3 is 0 Å². The van der Waals surface area contributed by atoms with E-state index in [1.807, 2.05) is 12.1 Å². The molecule has 1 aliphatic carbocycles. The second-order valence-corrected chi connectivity index (χ2v) is 10.1. The fourth-order valence-corrected chi connectivity index (χ4v) is 5.86. The molecule has 3 aromatic carbocycles. The number of aromatic nitrogens is 2. The highest BCUT2D eigenvalue weighted by Gasteiger charge is 2.23. The molecular weight excluding hydrogens is 524 g/mol. The fraction of sp³-hybridized carbons (Fsp3) is 0.240. The summed E-state index contributed by atoms with van der Waals surface area (Å²) in [7, 11) is 0. The predicted molar refractivity (Wildman–Crippen MR) is 133 cm³/mol. The van der Waals surface area contributed by atoms with Crippen LogP contribution in [0.15, 0.2) is 51.4 Å². The molecule has 0 aliphatic heterocycles. The Kier molecular flexibility index (Phi) is 5.29. The number of hydrogen-bond donors (Lipinski definition) is 0. The van der Waals surface area contributed by atoms with Crippen LogP contribution < -0.4 is 0 Å². The smallest absolute Gasteiger partial charge is 0.146 e. The van der Waals surface area contributed by atoms with Crippen molar-refractivity contribution in [2.24, 2.45) is 0 Å². The van der Waals surface area contributed by atoms with Crippen molar-refractivity contribution in [3.8, 4) is 17.1 Å². The first-order chi connectivity index (χ1) is 14.5. The third-order valence-corrected chi connectivity index (χ3v) is 8.28. The molecule has 0 fully saturated rings. The molecular formula is C25H21Br2ClN2. The average Bonchev–Trinajstić information content (AvgIpc) is 3.10. The highest BCUT2D eigenvalue weighted by atomic mass is 79.9. The van der Waals surface area contributed by atoms with Gasteiger partial charge in [-0.1, -0.05) is 35.9 Å². The van der Waals surface area contributed by atoms with Gasteiger partial charge in [-0.15, -0.1) is 0 Å². The summed E-state index contributed by atoms with van der Waals surface area (Å²) in [5.74, 6) is 0.967. The van der Waals surface area contributed by atoms with E-state index in [4.69, 9.17) is 16.6 Å². The van der Waals surface area contributed by atoms with Crippen molar-refractivity contribution in [2.75, 3.05) is 0 Å². The minimum absolute atomic E-state index is 0.687. The SMILES string of the molecule is Cc1cccc(C)c1-c1nc2c3c(ccc2n1-c1cc(Cl)cc(Br)c1Br)CCCC3. The summed E-state index contributed by atoms with van der Waals surface area (Å²) in [6.45, 7) is 4.31. The minimum atomic E-state index is 0.687. The van der Waals surface area contributed by atoms with Crippen LogP contribution in [-0.2, 0) is 12.8 Å². The molecule has 0 bridgehead atoms. The number of halogens is 3. The first-order valence-corrected chi connectivity index (χ1v) is 12.2. The first kappa shape index (κ1) is 20.3. The lowest BCUT2D eigenvalue weighted by atomic mass is 9.91. The van der Waals surface area contributed by atoms with Crippen molar-refractivity contribution in [3.63, 3.8) is 0 Å². The largest absolute Gasteiger partial charge is 0.291 e. The number of nitrogens with zero attached hydrogens (tertiary/aromatic N) is 2. The van der Waals surface area contributed by atoms with Gasteiger partial charge in [0.05, 0.1) is 21.2 Å². The Labute approximate surface area is 198 Å². The van der Waals surface area contributed by atoms with Gasteiger partial charge in [0.25, 0.3) is 0 Å². The summed E-state index contributed by atoms with van der Waals surface area (Å²) in [5.41, 5.74) is 9.71. The number of imidazole rings is 1. The maximum Gasteiger partial charge on any atom is 0.146 e. The van der Waals surface area contributed by atoms with E-state index in [1.54, 1.807) is 0 Å². The van der Waals surface area contributed by atoms with Crippen molar-refractivity contribution in [3.05, 3.63) is 78.7 Å². The van der Waals surface area contributed by atoms with Crippen LogP contribution in [0.5, 0.6) is 0 Å². The van der Waals surface area contributed by atoms with Crippen molar-refractivity contribution < 1.29 is 0 Å². The third kappa shape index (κ3) is 3.24. The first-order valence-electron chi connectivity index (χ1n) is 10.2. The van der Waals surface area contributed by atoms with Crippen LogP contribution in [0.3, 0.4) is 0 Å². The number of aryl methyl sites for hydroxylation is 4. The van der Waals surface area contributed by atoms with Gasteiger partial charge in [0, 0.05) is 15.1 Å². The molecule has 0 N–H and O–H groups in total. The lowest BCUT2D eigenvalue weighted by molar-refractivity contribution is 0.689.